The zero-order valence-corrected chi connectivity index (χ0v) is 19.9. The van der Waals surface area contributed by atoms with Crippen molar-refractivity contribution in [2.45, 2.75) is 86.1 Å². The van der Waals surface area contributed by atoms with Gasteiger partial charge in [0, 0.05) is 18.0 Å². The van der Waals surface area contributed by atoms with E-state index in [-0.39, 0.29) is 30.3 Å². The normalized spacial score (nSPS) is 13.3. The predicted octanol–water partition coefficient (Wildman–Crippen LogP) is 4.48. The number of carbonyl (C=O) groups is 2. The van der Waals surface area contributed by atoms with Gasteiger partial charge in [-0.05, 0) is 59.2 Å². The standard InChI is InChI=1S/C23H42N4O3/c1-7-11-14-20(8-2)23(29)27(18(5)13-12-15-26(9-3)10-4)17-22(28)24-21-16-19(6)30-25-21/h16,18,20H,7-15,17H2,1-6H3,(H,24,25,28). The highest BCUT2D eigenvalue weighted by molar-refractivity contribution is 5.94. The lowest BCUT2D eigenvalue weighted by atomic mass is 9.96. The van der Waals surface area contributed by atoms with E-state index < -0.39 is 0 Å². The number of nitrogens with zero attached hydrogens (tertiary/aromatic N) is 3. The summed E-state index contributed by atoms with van der Waals surface area (Å²) in [5.74, 6) is 0.841. The second kappa shape index (κ2) is 14.2. The molecule has 0 aliphatic rings. The highest BCUT2D eigenvalue weighted by Gasteiger charge is 2.28. The lowest BCUT2D eigenvalue weighted by Gasteiger charge is -2.32. The second-order valence-corrected chi connectivity index (χ2v) is 8.10. The first-order valence-corrected chi connectivity index (χ1v) is 11.6. The summed E-state index contributed by atoms with van der Waals surface area (Å²) in [6, 6.07) is 1.68. The van der Waals surface area contributed by atoms with Gasteiger partial charge in [-0.1, -0.05) is 45.7 Å². The van der Waals surface area contributed by atoms with Crippen LogP contribution in [0.1, 0.15) is 78.9 Å². The van der Waals surface area contributed by atoms with Crippen molar-refractivity contribution >= 4 is 17.6 Å². The lowest BCUT2D eigenvalue weighted by Crippen LogP contribution is -2.46. The van der Waals surface area contributed by atoms with Crippen molar-refractivity contribution in [2.75, 3.05) is 31.5 Å². The molecule has 1 rings (SSSR count). The molecule has 0 saturated heterocycles. The summed E-state index contributed by atoms with van der Waals surface area (Å²) in [5.41, 5.74) is 0. The van der Waals surface area contributed by atoms with Crippen LogP contribution in [0.25, 0.3) is 0 Å². The van der Waals surface area contributed by atoms with Crippen LogP contribution in [0.15, 0.2) is 10.6 Å². The van der Waals surface area contributed by atoms with Gasteiger partial charge in [-0.25, -0.2) is 0 Å². The van der Waals surface area contributed by atoms with E-state index in [0.717, 1.165) is 58.2 Å². The van der Waals surface area contributed by atoms with Crippen molar-refractivity contribution < 1.29 is 14.1 Å². The van der Waals surface area contributed by atoms with Gasteiger partial charge in [0.05, 0.1) is 0 Å². The molecular weight excluding hydrogens is 380 g/mol. The molecule has 0 radical (unpaired) electrons. The topological polar surface area (TPSA) is 78.7 Å². The van der Waals surface area contributed by atoms with Crippen LogP contribution in [0.5, 0.6) is 0 Å². The Bertz CT molecular complexity index is 628. The molecule has 7 heteroatoms. The van der Waals surface area contributed by atoms with Crippen LogP contribution in [0, 0.1) is 12.8 Å². The highest BCUT2D eigenvalue weighted by atomic mass is 16.5. The number of anilines is 1. The summed E-state index contributed by atoms with van der Waals surface area (Å²) in [7, 11) is 0. The quantitative estimate of drug-likeness (QED) is 0.451. The van der Waals surface area contributed by atoms with E-state index in [1.165, 1.54) is 0 Å². The number of aromatic nitrogens is 1. The summed E-state index contributed by atoms with van der Waals surface area (Å²) in [4.78, 5) is 30.1. The van der Waals surface area contributed by atoms with Crippen LogP contribution < -0.4 is 5.32 Å². The van der Waals surface area contributed by atoms with Gasteiger partial charge in [0.25, 0.3) is 0 Å². The van der Waals surface area contributed by atoms with E-state index in [2.05, 4.69) is 50.0 Å². The zero-order chi connectivity index (χ0) is 22.5. The first-order valence-electron chi connectivity index (χ1n) is 11.6. The number of nitrogens with one attached hydrogen (secondary N) is 1. The molecule has 2 atom stereocenters. The number of hydrogen-bond acceptors (Lipinski definition) is 5. The molecule has 7 nitrogen and oxygen atoms in total. The Hall–Kier alpha value is -1.89. The molecule has 1 N–H and O–H groups in total. The number of carbonyl (C=O) groups excluding carboxylic acids is 2. The second-order valence-electron chi connectivity index (χ2n) is 8.10. The van der Waals surface area contributed by atoms with Crippen molar-refractivity contribution in [3.05, 3.63) is 11.8 Å². The molecule has 1 aromatic rings. The van der Waals surface area contributed by atoms with Gasteiger partial charge in [-0.2, -0.15) is 0 Å². The van der Waals surface area contributed by atoms with Crippen LogP contribution in [-0.4, -0.2) is 59.0 Å². The Kier molecular flexibility index (Phi) is 12.4. The van der Waals surface area contributed by atoms with E-state index in [9.17, 15) is 9.59 Å². The van der Waals surface area contributed by atoms with Crippen molar-refractivity contribution in [3.63, 3.8) is 0 Å². The maximum Gasteiger partial charge on any atom is 0.245 e. The van der Waals surface area contributed by atoms with Crippen molar-refractivity contribution in [3.8, 4) is 0 Å². The van der Waals surface area contributed by atoms with E-state index in [4.69, 9.17) is 4.52 Å². The highest BCUT2D eigenvalue weighted by Crippen LogP contribution is 2.19. The first-order chi connectivity index (χ1) is 14.4. The molecule has 1 aromatic heterocycles. The van der Waals surface area contributed by atoms with Gasteiger partial charge < -0.3 is 19.6 Å². The van der Waals surface area contributed by atoms with Crippen LogP contribution >= 0.6 is 0 Å². The van der Waals surface area contributed by atoms with Gasteiger partial charge in [-0.15, -0.1) is 0 Å². The van der Waals surface area contributed by atoms with Crippen LogP contribution in [0.3, 0.4) is 0 Å². The van der Waals surface area contributed by atoms with Gasteiger partial charge in [0.1, 0.15) is 12.3 Å². The van der Waals surface area contributed by atoms with E-state index in [1.54, 1.807) is 17.9 Å². The Morgan fingerprint density at radius 3 is 2.37 bits per heavy atom. The Labute approximate surface area is 182 Å². The third-order valence-electron chi connectivity index (χ3n) is 5.76. The predicted molar refractivity (Wildman–Crippen MR) is 121 cm³/mol. The minimum absolute atomic E-state index is 0.00790. The molecule has 0 aliphatic carbocycles. The van der Waals surface area contributed by atoms with Gasteiger partial charge in [0.2, 0.25) is 11.8 Å². The third kappa shape index (κ3) is 8.86. The zero-order valence-electron chi connectivity index (χ0n) is 19.9. The molecular formula is C23H42N4O3. The average molecular weight is 423 g/mol. The Morgan fingerprint density at radius 2 is 1.83 bits per heavy atom. The molecule has 172 valence electrons. The van der Waals surface area contributed by atoms with E-state index in [0.29, 0.717) is 11.6 Å². The van der Waals surface area contributed by atoms with Gasteiger partial charge in [-0.3, -0.25) is 9.59 Å². The van der Waals surface area contributed by atoms with Gasteiger partial charge >= 0.3 is 0 Å². The number of amides is 2. The molecule has 0 bridgehead atoms. The number of unbranched alkanes of at least 4 members (excludes halogenated alkanes) is 1. The fourth-order valence-corrected chi connectivity index (χ4v) is 3.71. The van der Waals surface area contributed by atoms with Crippen LogP contribution in [0.4, 0.5) is 5.82 Å². The number of hydrogen-bond donors (Lipinski definition) is 1. The number of aryl methyl sites for hydroxylation is 1. The summed E-state index contributed by atoms with van der Waals surface area (Å²) < 4.78 is 5.01. The van der Waals surface area contributed by atoms with Crippen LogP contribution in [-0.2, 0) is 9.59 Å². The largest absolute Gasteiger partial charge is 0.360 e. The summed E-state index contributed by atoms with van der Waals surface area (Å²) >= 11 is 0. The monoisotopic (exact) mass is 422 g/mol. The van der Waals surface area contributed by atoms with Crippen molar-refractivity contribution in [1.29, 1.82) is 0 Å². The SMILES string of the molecule is CCCCC(CC)C(=O)N(CC(=O)Nc1cc(C)on1)C(C)CCCN(CC)CC. The molecule has 30 heavy (non-hydrogen) atoms. The fourth-order valence-electron chi connectivity index (χ4n) is 3.71. The molecule has 2 unspecified atom stereocenters. The van der Waals surface area contributed by atoms with Crippen molar-refractivity contribution in [2.24, 2.45) is 5.92 Å². The fraction of sp³-hybridized carbons (Fsp3) is 0.783. The molecule has 1 heterocycles. The average Bonchev–Trinajstić information content (AvgIpc) is 3.14. The van der Waals surface area contributed by atoms with Crippen LogP contribution in [0.2, 0.25) is 0 Å². The van der Waals surface area contributed by atoms with Crippen molar-refractivity contribution in [1.82, 2.24) is 15.0 Å². The van der Waals surface area contributed by atoms with Gasteiger partial charge in [0.15, 0.2) is 5.82 Å². The maximum atomic E-state index is 13.3. The number of rotatable bonds is 15. The lowest BCUT2D eigenvalue weighted by molar-refractivity contribution is -0.141. The van der Waals surface area contributed by atoms with E-state index in [1.807, 2.05) is 0 Å². The smallest absolute Gasteiger partial charge is 0.245 e. The molecule has 0 saturated carbocycles. The molecule has 0 aliphatic heterocycles. The Balaban J connectivity index is 2.82. The maximum absolute atomic E-state index is 13.3. The molecule has 2 amide bonds. The van der Waals surface area contributed by atoms with E-state index >= 15 is 0 Å². The minimum Gasteiger partial charge on any atom is -0.360 e. The Morgan fingerprint density at radius 1 is 1.13 bits per heavy atom. The summed E-state index contributed by atoms with van der Waals surface area (Å²) in [6.07, 6.45) is 5.64. The molecule has 0 aromatic carbocycles. The molecule has 0 spiro atoms. The summed E-state index contributed by atoms with van der Waals surface area (Å²) in [6.45, 7) is 15.5. The summed E-state index contributed by atoms with van der Waals surface area (Å²) in [5, 5.41) is 6.57. The minimum atomic E-state index is -0.238. The first kappa shape index (κ1) is 26.1. The molecule has 0 fully saturated rings. The third-order valence-corrected chi connectivity index (χ3v) is 5.76.